The molecule has 84 valence electrons. The number of pyridine rings is 1. The Balaban J connectivity index is 3.34. The second kappa shape index (κ2) is 4.17. The van der Waals surface area contributed by atoms with Gasteiger partial charge in [0.15, 0.2) is 5.03 Å². The molecule has 0 saturated carbocycles. The molecule has 0 radical (unpaired) electrons. The minimum atomic E-state index is -4.02. The van der Waals surface area contributed by atoms with Crippen molar-refractivity contribution in [3.63, 3.8) is 0 Å². The summed E-state index contributed by atoms with van der Waals surface area (Å²) in [6.45, 7) is -0.223. The van der Waals surface area contributed by atoms with E-state index < -0.39 is 21.5 Å². The van der Waals surface area contributed by atoms with Gasteiger partial charge in [-0.2, -0.15) is 0 Å². The third kappa shape index (κ3) is 2.67. The molecule has 1 aromatic rings. The molecule has 0 aliphatic heterocycles. The predicted octanol–water partition coefficient (Wildman–Crippen LogP) is 0.125. The van der Waals surface area contributed by atoms with Crippen LogP contribution in [0, 0.1) is 0 Å². The van der Waals surface area contributed by atoms with Crippen molar-refractivity contribution in [2.24, 2.45) is 10.9 Å². The number of nitrogens with two attached hydrogens (primary N) is 2. The van der Waals surface area contributed by atoms with Crippen LogP contribution in [0.3, 0.4) is 0 Å². The van der Waals surface area contributed by atoms with E-state index in [1.807, 2.05) is 0 Å². The number of alkyl halides is 2. The minimum Gasteiger partial charge on any atom is -0.326 e. The van der Waals surface area contributed by atoms with E-state index in [1.54, 1.807) is 0 Å². The first-order chi connectivity index (χ1) is 6.86. The lowest BCUT2D eigenvalue weighted by atomic mass is 10.2. The number of nitrogens with zero attached hydrogens (tertiary/aromatic N) is 1. The van der Waals surface area contributed by atoms with Crippen LogP contribution in [-0.2, 0) is 16.6 Å². The van der Waals surface area contributed by atoms with Crippen LogP contribution in [-0.4, -0.2) is 13.4 Å². The smallest absolute Gasteiger partial charge is 0.265 e. The lowest BCUT2D eigenvalue weighted by Crippen LogP contribution is -2.18. The van der Waals surface area contributed by atoms with Gasteiger partial charge in [-0.05, 0) is 6.07 Å². The highest BCUT2D eigenvalue weighted by molar-refractivity contribution is 7.89. The molecule has 0 unspecified atom stereocenters. The van der Waals surface area contributed by atoms with E-state index in [-0.39, 0.29) is 17.7 Å². The zero-order valence-corrected chi connectivity index (χ0v) is 8.34. The van der Waals surface area contributed by atoms with Crippen LogP contribution >= 0.6 is 0 Å². The van der Waals surface area contributed by atoms with E-state index >= 15 is 0 Å². The Morgan fingerprint density at radius 1 is 1.47 bits per heavy atom. The molecule has 15 heavy (non-hydrogen) atoms. The van der Waals surface area contributed by atoms with Crippen molar-refractivity contribution in [2.75, 3.05) is 0 Å². The average Bonchev–Trinajstić information content (AvgIpc) is 2.15. The highest BCUT2D eigenvalue weighted by Gasteiger charge is 2.17. The lowest BCUT2D eigenvalue weighted by Gasteiger charge is -2.06. The molecule has 1 rings (SSSR count). The highest BCUT2D eigenvalue weighted by atomic mass is 32.2. The van der Waals surface area contributed by atoms with Gasteiger partial charge < -0.3 is 5.73 Å². The van der Waals surface area contributed by atoms with Crippen molar-refractivity contribution in [3.8, 4) is 0 Å². The van der Waals surface area contributed by atoms with E-state index in [0.717, 1.165) is 12.3 Å². The summed E-state index contributed by atoms with van der Waals surface area (Å²) in [5, 5.41) is 4.36. The molecule has 0 saturated heterocycles. The number of halogens is 2. The summed E-state index contributed by atoms with van der Waals surface area (Å²) in [7, 11) is -4.02. The molecule has 0 aliphatic rings. The van der Waals surface area contributed by atoms with Gasteiger partial charge in [-0.1, -0.05) is 0 Å². The molecule has 0 aromatic carbocycles. The third-order valence-corrected chi connectivity index (χ3v) is 2.59. The Bertz CT molecular complexity index is 461. The molecule has 0 aliphatic carbocycles. The topological polar surface area (TPSA) is 99.1 Å². The first kappa shape index (κ1) is 12.0. The van der Waals surface area contributed by atoms with Gasteiger partial charge in [-0.3, -0.25) is 0 Å². The van der Waals surface area contributed by atoms with Crippen LogP contribution < -0.4 is 10.9 Å². The second-order valence-corrected chi connectivity index (χ2v) is 4.26. The maximum Gasteiger partial charge on any atom is 0.265 e. The first-order valence-corrected chi connectivity index (χ1v) is 5.40. The van der Waals surface area contributed by atoms with Gasteiger partial charge in [-0.15, -0.1) is 0 Å². The quantitative estimate of drug-likeness (QED) is 0.780. The zero-order valence-electron chi connectivity index (χ0n) is 7.52. The summed E-state index contributed by atoms with van der Waals surface area (Å²) in [5.41, 5.74) is 4.81. The molecule has 0 atom stereocenters. The summed E-state index contributed by atoms with van der Waals surface area (Å²) in [6, 6.07) is 0.984. The van der Waals surface area contributed by atoms with E-state index in [1.165, 1.54) is 0 Å². The number of hydrogen-bond acceptors (Lipinski definition) is 4. The molecule has 0 fully saturated rings. The number of primary sulfonamides is 1. The van der Waals surface area contributed by atoms with Crippen LogP contribution in [0.5, 0.6) is 0 Å². The van der Waals surface area contributed by atoms with Crippen molar-refractivity contribution in [3.05, 3.63) is 23.4 Å². The minimum absolute atomic E-state index is 0.0182. The number of hydrogen-bond donors (Lipinski definition) is 2. The number of sulfonamides is 1. The molecule has 4 N–H and O–H groups in total. The molecule has 8 heteroatoms. The largest absolute Gasteiger partial charge is 0.326 e. The average molecular weight is 237 g/mol. The Morgan fingerprint density at radius 2 is 2.07 bits per heavy atom. The monoisotopic (exact) mass is 237 g/mol. The second-order valence-electron chi connectivity index (χ2n) is 2.78. The van der Waals surface area contributed by atoms with Crippen LogP contribution in [0.2, 0.25) is 0 Å². The first-order valence-electron chi connectivity index (χ1n) is 3.86. The maximum absolute atomic E-state index is 12.3. The normalized spacial score (nSPS) is 12.1. The summed E-state index contributed by atoms with van der Waals surface area (Å²) in [6.07, 6.45) is -1.96. The predicted molar refractivity (Wildman–Crippen MR) is 48.5 cm³/mol. The van der Waals surface area contributed by atoms with Crippen molar-refractivity contribution in [1.82, 2.24) is 4.98 Å². The summed E-state index contributed by atoms with van der Waals surface area (Å²) < 4.78 is 46.4. The van der Waals surface area contributed by atoms with Crippen LogP contribution in [0.1, 0.15) is 17.6 Å². The van der Waals surface area contributed by atoms with Gasteiger partial charge in [0.2, 0.25) is 0 Å². The van der Waals surface area contributed by atoms with E-state index in [4.69, 9.17) is 10.9 Å². The zero-order chi connectivity index (χ0) is 11.6. The lowest BCUT2D eigenvalue weighted by molar-refractivity contribution is 0.150. The number of rotatable bonds is 3. The fourth-order valence-corrected chi connectivity index (χ4v) is 1.75. The van der Waals surface area contributed by atoms with Crippen molar-refractivity contribution in [1.29, 1.82) is 0 Å². The van der Waals surface area contributed by atoms with Gasteiger partial charge in [0, 0.05) is 23.9 Å². The summed E-state index contributed by atoms with van der Waals surface area (Å²) in [5.74, 6) is 0. The Hall–Kier alpha value is -1.12. The fourth-order valence-electron chi connectivity index (χ4n) is 1.04. The van der Waals surface area contributed by atoms with Gasteiger partial charge >= 0.3 is 0 Å². The molecule has 0 bridgehead atoms. The summed E-state index contributed by atoms with van der Waals surface area (Å²) >= 11 is 0. The summed E-state index contributed by atoms with van der Waals surface area (Å²) in [4.78, 5) is 3.37. The Morgan fingerprint density at radius 3 is 2.47 bits per heavy atom. The third-order valence-electron chi connectivity index (χ3n) is 1.69. The van der Waals surface area contributed by atoms with Crippen molar-refractivity contribution in [2.45, 2.75) is 18.0 Å². The molecular formula is C7H9F2N3O2S. The van der Waals surface area contributed by atoms with Gasteiger partial charge in [-0.25, -0.2) is 27.3 Å². The molecular weight excluding hydrogens is 228 g/mol. The molecule has 1 heterocycles. The molecule has 1 aromatic heterocycles. The maximum atomic E-state index is 12.3. The SMILES string of the molecule is NCc1cc(C(F)F)cnc1S(N)(=O)=O. The van der Waals surface area contributed by atoms with E-state index in [2.05, 4.69) is 4.98 Å². The van der Waals surface area contributed by atoms with E-state index in [9.17, 15) is 17.2 Å². The van der Waals surface area contributed by atoms with Gasteiger partial charge in [0.25, 0.3) is 16.4 Å². The molecule has 5 nitrogen and oxygen atoms in total. The Labute approximate surface area is 85.2 Å². The van der Waals surface area contributed by atoms with Crippen LogP contribution in [0.15, 0.2) is 17.3 Å². The Kier molecular flexibility index (Phi) is 3.32. The van der Waals surface area contributed by atoms with Crippen molar-refractivity contribution < 1.29 is 17.2 Å². The van der Waals surface area contributed by atoms with Crippen LogP contribution in [0.25, 0.3) is 0 Å². The standard InChI is InChI=1S/C7H9F2N3O2S/c8-6(9)5-1-4(2-10)7(12-3-5)15(11,13)14/h1,3,6H,2,10H2,(H2,11,13,14). The van der Waals surface area contributed by atoms with E-state index in [0.29, 0.717) is 0 Å². The molecule has 0 amide bonds. The number of aromatic nitrogens is 1. The van der Waals surface area contributed by atoms with Gasteiger partial charge in [0.1, 0.15) is 0 Å². The van der Waals surface area contributed by atoms with Gasteiger partial charge in [0.05, 0.1) is 0 Å². The highest BCUT2D eigenvalue weighted by Crippen LogP contribution is 2.21. The van der Waals surface area contributed by atoms with Crippen LogP contribution in [0.4, 0.5) is 8.78 Å². The molecule has 0 spiro atoms. The van der Waals surface area contributed by atoms with Crippen molar-refractivity contribution >= 4 is 10.0 Å². The fraction of sp³-hybridized carbons (Fsp3) is 0.286.